The van der Waals surface area contributed by atoms with E-state index in [0.29, 0.717) is 0 Å². The van der Waals surface area contributed by atoms with Gasteiger partial charge in [-0.15, -0.1) is 10.2 Å². The summed E-state index contributed by atoms with van der Waals surface area (Å²) in [7, 11) is 0. The molecule has 2 aliphatic rings. The molecule has 3 heterocycles. The summed E-state index contributed by atoms with van der Waals surface area (Å²) >= 11 is 0. The first-order valence-corrected chi connectivity index (χ1v) is 7.35. The van der Waals surface area contributed by atoms with E-state index < -0.39 is 0 Å². The molecule has 0 aromatic carbocycles. The van der Waals surface area contributed by atoms with Gasteiger partial charge in [-0.05, 0) is 12.8 Å². The van der Waals surface area contributed by atoms with E-state index >= 15 is 0 Å². The van der Waals surface area contributed by atoms with Crippen molar-refractivity contribution in [1.82, 2.24) is 25.0 Å². The number of morpholine rings is 1. The van der Waals surface area contributed by atoms with E-state index in [9.17, 15) is 0 Å². The zero-order valence-corrected chi connectivity index (χ0v) is 11.5. The van der Waals surface area contributed by atoms with Crippen LogP contribution < -0.4 is 5.32 Å². The molecule has 0 bridgehead atoms. The standard InChI is InChI=1S/C13H23N5O/c1-2-5-18-12(3-1)15-16-13(18)11-14-4-6-17-7-9-19-10-8-17/h14H,1-11H2. The maximum atomic E-state index is 5.34. The minimum atomic E-state index is 0.831. The zero-order chi connectivity index (χ0) is 12.9. The summed E-state index contributed by atoms with van der Waals surface area (Å²) in [6, 6.07) is 0. The molecule has 0 saturated carbocycles. The lowest BCUT2D eigenvalue weighted by molar-refractivity contribution is 0.0384. The number of aryl methyl sites for hydroxylation is 1. The third-order valence-electron chi connectivity index (χ3n) is 3.93. The molecule has 1 saturated heterocycles. The Balaban J connectivity index is 1.41. The molecule has 19 heavy (non-hydrogen) atoms. The van der Waals surface area contributed by atoms with Gasteiger partial charge < -0.3 is 14.6 Å². The molecule has 6 nitrogen and oxygen atoms in total. The molecular formula is C13H23N5O. The van der Waals surface area contributed by atoms with Crippen LogP contribution in [0, 0.1) is 0 Å². The van der Waals surface area contributed by atoms with Crippen LogP contribution in [-0.4, -0.2) is 59.1 Å². The number of rotatable bonds is 5. The predicted molar refractivity (Wildman–Crippen MR) is 71.9 cm³/mol. The van der Waals surface area contributed by atoms with Gasteiger partial charge in [0, 0.05) is 39.1 Å². The third kappa shape index (κ3) is 3.32. The van der Waals surface area contributed by atoms with Crippen molar-refractivity contribution in [2.75, 3.05) is 39.4 Å². The van der Waals surface area contributed by atoms with Gasteiger partial charge in [0.15, 0.2) is 0 Å². The van der Waals surface area contributed by atoms with Crippen molar-refractivity contribution in [2.24, 2.45) is 0 Å². The summed E-state index contributed by atoms with van der Waals surface area (Å²) in [5.41, 5.74) is 0. The number of fused-ring (bicyclic) bond motifs is 1. The Morgan fingerprint density at radius 3 is 2.89 bits per heavy atom. The summed E-state index contributed by atoms with van der Waals surface area (Å²) in [4.78, 5) is 2.44. The summed E-state index contributed by atoms with van der Waals surface area (Å²) in [5, 5.41) is 12.0. The Morgan fingerprint density at radius 1 is 1.11 bits per heavy atom. The highest BCUT2D eigenvalue weighted by Crippen LogP contribution is 2.13. The van der Waals surface area contributed by atoms with Gasteiger partial charge in [-0.25, -0.2) is 0 Å². The summed E-state index contributed by atoms with van der Waals surface area (Å²) in [6.07, 6.45) is 3.59. The Morgan fingerprint density at radius 2 is 2.00 bits per heavy atom. The van der Waals surface area contributed by atoms with Gasteiger partial charge in [0.25, 0.3) is 0 Å². The molecule has 0 amide bonds. The number of nitrogens with zero attached hydrogens (tertiary/aromatic N) is 4. The molecule has 1 fully saturated rings. The maximum Gasteiger partial charge on any atom is 0.147 e. The van der Waals surface area contributed by atoms with Crippen molar-refractivity contribution in [1.29, 1.82) is 0 Å². The Kier molecular flexibility index (Phi) is 4.42. The lowest BCUT2D eigenvalue weighted by Gasteiger charge is -2.26. The van der Waals surface area contributed by atoms with Crippen LogP contribution in [0.1, 0.15) is 24.5 Å². The van der Waals surface area contributed by atoms with Crippen LogP contribution in [-0.2, 0) is 24.2 Å². The molecule has 1 aromatic rings. The van der Waals surface area contributed by atoms with E-state index in [0.717, 1.165) is 70.6 Å². The Bertz CT molecular complexity index is 400. The normalized spacial score (nSPS) is 20.4. The molecule has 0 radical (unpaired) electrons. The molecule has 0 atom stereocenters. The molecule has 106 valence electrons. The highest BCUT2D eigenvalue weighted by molar-refractivity contribution is 4.98. The van der Waals surface area contributed by atoms with Crippen LogP contribution in [0.5, 0.6) is 0 Å². The van der Waals surface area contributed by atoms with E-state index in [-0.39, 0.29) is 0 Å². The highest BCUT2D eigenvalue weighted by atomic mass is 16.5. The van der Waals surface area contributed by atoms with Crippen molar-refractivity contribution in [3.63, 3.8) is 0 Å². The predicted octanol–water partition coefficient (Wildman–Crippen LogP) is 0.0362. The number of aromatic nitrogens is 3. The Hall–Kier alpha value is -0.980. The fraction of sp³-hybridized carbons (Fsp3) is 0.846. The van der Waals surface area contributed by atoms with Crippen LogP contribution >= 0.6 is 0 Å². The van der Waals surface area contributed by atoms with Crippen LogP contribution in [0.25, 0.3) is 0 Å². The molecule has 1 aromatic heterocycles. The van der Waals surface area contributed by atoms with Gasteiger partial charge in [-0.1, -0.05) is 0 Å². The van der Waals surface area contributed by atoms with E-state index in [2.05, 4.69) is 25.0 Å². The largest absolute Gasteiger partial charge is 0.379 e. The Labute approximate surface area is 114 Å². The van der Waals surface area contributed by atoms with Crippen LogP contribution in [0.4, 0.5) is 0 Å². The summed E-state index contributed by atoms with van der Waals surface area (Å²) in [5.74, 6) is 2.26. The average molecular weight is 265 g/mol. The number of hydrogen-bond donors (Lipinski definition) is 1. The average Bonchev–Trinajstić information content (AvgIpc) is 2.88. The van der Waals surface area contributed by atoms with Crippen LogP contribution in [0.2, 0.25) is 0 Å². The van der Waals surface area contributed by atoms with Crippen molar-refractivity contribution in [3.05, 3.63) is 11.6 Å². The smallest absolute Gasteiger partial charge is 0.147 e. The first-order chi connectivity index (χ1) is 9.43. The third-order valence-corrected chi connectivity index (χ3v) is 3.93. The van der Waals surface area contributed by atoms with Gasteiger partial charge in [0.05, 0.1) is 19.8 Å². The van der Waals surface area contributed by atoms with E-state index in [1.807, 2.05) is 0 Å². The van der Waals surface area contributed by atoms with E-state index in [4.69, 9.17) is 4.74 Å². The first-order valence-electron chi connectivity index (χ1n) is 7.35. The second-order valence-corrected chi connectivity index (χ2v) is 5.27. The van der Waals surface area contributed by atoms with Crippen molar-refractivity contribution >= 4 is 0 Å². The van der Waals surface area contributed by atoms with Gasteiger partial charge >= 0.3 is 0 Å². The second-order valence-electron chi connectivity index (χ2n) is 5.27. The van der Waals surface area contributed by atoms with Gasteiger partial charge in [0.1, 0.15) is 11.6 Å². The number of ether oxygens (including phenoxy) is 1. The SMILES string of the molecule is C1CCn2c(nnc2CNCCN2CCOCC2)C1. The number of nitrogens with one attached hydrogen (secondary N) is 1. The zero-order valence-electron chi connectivity index (χ0n) is 11.5. The van der Waals surface area contributed by atoms with Crippen LogP contribution in [0.15, 0.2) is 0 Å². The minimum Gasteiger partial charge on any atom is -0.379 e. The lowest BCUT2D eigenvalue weighted by atomic mass is 10.2. The number of hydrogen-bond acceptors (Lipinski definition) is 5. The van der Waals surface area contributed by atoms with Gasteiger partial charge in [0.2, 0.25) is 0 Å². The highest BCUT2D eigenvalue weighted by Gasteiger charge is 2.15. The molecule has 0 spiro atoms. The second kappa shape index (κ2) is 6.45. The molecular weight excluding hydrogens is 242 g/mol. The molecule has 1 N–H and O–H groups in total. The fourth-order valence-corrected chi connectivity index (χ4v) is 2.76. The topological polar surface area (TPSA) is 55.2 Å². The molecule has 2 aliphatic heterocycles. The first kappa shape index (κ1) is 13.0. The van der Waals surface area contributed by atoms with Crippen molar-refractivity contribution in [2.45, 2.75) is 32.4 Å². The molecule has 0 unspecified atom stereocenters. The summed E-state index contributed by atoms with van der Waals surface area (Å²) < 4.78 is 7.63. The minimum absolute atomic E-state index is 0.831. The molecule has 3 rings (SSSR count). The lowest BCUT2D eigenvalue weighted by Crippen LogP contribution is -2.40. The van der Waals surface area contributed by atoms with E-state index in [1.54, 1.807) is 0 Å². The van der Waals surface area contributed by atoms with Gasteiger partial charge in [-0.2, -0.15) is 0 Å². The van der Waals surface area contributed by atoms with Gasteiger partial charge in [-0.3, -0.25) is 4.90 Å². The van der Waals surface area contributed by atoms with E-state index in [1.165, 1.54) is 12.8 Å². The van der Waals surface area contributed by atoms with Crippen LogP contribution in [0.3, 0.4) is 0 Å². The summed E-state index contributed by atoms with van der Waals surface area (Å²) in [6.45, 7) is 7.87. The monoisotopic (exact) mass is 265 g/mol. The maximum absolute atomic E-state index is 5.34. The molecule has 0 aliphatic carbocycles. The molecule has 6 heteroatoms. The quantitative estimate of drug-likeness (QED) is 0.762. The fourth-order valence-electron chi connectivity index (χ4n) is 2.76. The van der Waals surface area contributed by atoms with Crippen molar-refractivity contribution < 1.29 is 4.74 Å². The van der Waals surface area contributed by atoms with Crippen molar-refractivity contribution in [3.8, 4) is 0 Å².